The van der Waals surface area contributed by atoms with Crippen LogP contribution in [-0.4, -0.2) is 25.8 Å². The molecule has 58 valence electrons. The molecule has 1 saturated heterocycles. The number of hydrogen-bond acceptors (Lipinski definition) is 3. The Morgan fingerprint density at radius 1 is 1.80 bits per heavy atom. The van der Waals surface area contributed by atoms with Crippen LogP contribution in [0.25, 0.3) is 0 Å². The topological polar surface area (TPSA) is 27.7 Å². The van der Waals surface area contributed by atoms with Crippen LogP contribution in [0.5, 0.6) is 0 Å². The standard InChI is InChI=1S/C7H12O3/c1-3-6-5-9-7(10-6)8-4-2/h3,6-7H,1,4-5H2,2H3. The summed E-state index contributed by atoms with van der Waals surface area (Å²) in [5.74, 6) is 0. The van der Waals surface area contributed by atoms with E-state index in [2.05, 4.69) is 6.58 Å². The molecule has 2 atom stereocenters. The molecular weight excluding hydrogens is 132 g/mol. The maximum atomic E-state index is 5.19. The molecule has 0 saturated carbocycles. The predicted octanol–water partition coefficient (Wildman–Crippen LogP) is 0.908. The summed E-state index contributed by atoms with van der Waals surface area (Å²) in [7, 11) is 0. The fourth-order valence-corrected chi connectivity index (χ4v) is 0.742. The molecule has 2 unspecified atom stereocenters. The van der Waals surface area contributed by atoms with Gasteiger partial charge in [0, 0.05) is 6.61 Å². The van der Waals surface area contributed by atoms with Gasteiger partial charge in [-0.05, 0) is 6.92 Å². The van der Waals surface area contributed by atoms with Gasteiger partial charge in [-0.25, -0.2) is 0 Å². The third-order valence-corrected chi connectivity index (χ3v) is 1.25. The van der Waals surface area contributed by atoms with Crippen molar-refractivity contribution in [2.45, 2.75) is 19.5 Å². The van der Waals surface area contributed by atoms with Gasteiger partial charge in [-0.2, -0.15) is 0 Å². The first-order chi connectivity index (χ1) is 4.86. The van der Waals surface area contributed by atoms with E-state index in [9.17, 15) is 0 Å². The quantitative estimate of drug-likeness (QED) is 0.551. The summed E-state index contributed by atoms with van der Waals surface area (Å²) in [4.78, 5) is 0. The van der Waals surface area contributed by atoms with Crippen LogP contribution in [0.2, 0.25) is 0 Å². The van der Waals surface area contributed by atoms with Gasteiger partial charge in [-0.1, -0.05) is 6.08 Å². The molecule has 0 aromatic heterocycles. The highest BCUT2D eigenvalue weighted by molar-refractivity contribution is 4.81. The van der Waals surface area contributed by atoms with Gasteiger partial charge in [-0.3, -0.25) is 0 Å². The maximum absolute atomic E-state index is 5.19. The van der Waals surface area contributed by atoms with Gasteiger partial charge >= 0.3 is 0 Å². The molecule has 0 amide bonds. The molecule has 3 nitrogen and oxygen atoms in total. The highest BCUT2D eigenvalue weighted by Gasteiger charge is 2.23. The molecular formula is C7H12O3. The van der Waals surface area contributed by atoms with Crippen LogP contribution in [0.3, 0.4) is 0 Å². The van der Waals surface area contributed by atoms with Crippen molar-refractivity contribution in [1.82, 2.24) is 0 Å². The van der Waals surface area contributed by atoms with Gasteiger partial charge in [-0.15, -0.1) is 6.58 Å². The lowest BCUT2D eigenvalue weighted by Crippen LogP contribution is -2.13. The Morgan fingerprint density at radius 2 is 2.60 bits per heavy atom. The highest BCUT2D eigenvalue weighted by atomic mass is 16.9. The van der Waals surface area contributed by atoms with E-state index in [1.54, 1.807) is 6.08 Å². The van der Waals surface area contributed by atoms with Crippen molar-refractivity contribution in [3.05, 3.63) is 12.7 Å². The molecule has 10 heavy (non-hydrogen) atoms. The third-order valence-electron chi connectivity index (χ3n) is 1.25. The summed E-state index contributed by atoms with van der Waals surface area (Å²) < 4.78 is 15.3. The van der Waals surface area contributed by atoms with Gasteiger partial charge < -0.3 is 14.2 Å². The Hall–Kier alpha value is -0.380. The molecule has 0 spiro atoms. The molecule has 1 aliphatic heterocycles. The minimum atomic E-state index is -0.479. The van der Waals surface area contributed by atoms with Gasteiger partial charge in [0.15, 0.2) is 0 Å². The van der Waals surface area contributed by atoms with Crippen LogP contribution in [0.15, 0.2) is 12.7 Å². The van der Waals surface area contributed by atoms with Crippen LogP contribution < -0.4 is 0 Å². The second-order valence-corrected chi connectivity index (χ2v) is 1.99. The summed E-state index contributed by atoms with van der Waals surface area (Å²) >= 11 is 0. The monoisotopic (exact) mass is 144 g/mol. The Morgan fingerprint density at radius 3 is 3.10 bits per heavy atom. The van der Waals surface area contributed by atoms with Gasteiger partial charge in [0.1, 0.15) is 6.10 Å². The lowest BCUT2D eigenvalue weighted by molar-refractivity contribution is -0.231. The normalized spacial score (nSPS) is 32.5. The van der Waals surface area contributed by atoms with Crippen molar-refractivity contribution in [2.24, 2.45) is 0 Å². The highest BCUT2D eigenvalue weighted by Crippen LogP contribution is 2.12. The zero-order valence-electron chi connectivity index (χ0n) is 6.08. The third kappa shape index (κ3) is 1.80. The van der Waals surface area contributed by atoms with E-state index in [1.807, 2.05) is 6.92 Å². The average Bonchev–Trinajstić information content (AvgIpc) is 2.37. The molecule has 0 bridgehead atoms. The largest absolute Gasteiger partial charge is 0.330 e. The first kappa shape index (κ1) is 7.72. The number of rotatable bonds is 3. The SMILES string of the molecule is C=CC1COC(OCC)O1. The van der Waals surface area contributed by atoms with Crippen molar-refractivity contribution >= 4 is 0 Å². The second-order valence-electron chi connectivity index (χ2n) is 1.99. The van der Waals surface area contributed by atoms with E-state index in [0.717, 1.165) is 0 Å². The molecule has 1 aliphatic rings. The van der Waals surface area contributed by atoms with E-state index in [0.29, 0.717) is 13.2 Å². The average molecular weight is 144 g/mol. The molecule has 1 rings (SSSR count). The Balaban J connectivity index is 2.21. The van der Waals surface area contributed by atoms with Crippen molar-refractivity contribution in [1.29, 1.82) is 0 Å². The van der Waals surface area contributed by atoms with Gasteiger partial charge in [0.05, 0.1) is 6.61 Å². The van der Waals surface area contributed by atoms with Crippen molar-refractivity contribution in [3.8, 4) is 0 Å². The van der Waals surface area contributed by atoms with E-state index >= 15 is 0 Å². The summed E-state index contributed by atoms with van der Waals surface area (Å²) in [5, 5.41) is 0. The second kappa shape index (κ2) is 3.71. The Labute approximate surface area is 60.6 Å². The maximum Gasteiger partial charge on any atom is 0.272 e. The van der Waals surface area contributed by atoms with E-state index in [4.69, 9.17) is 14.2 Å². The van der Waals surface area contributed by atoms with Crippen LogP contribution in [0.4, 0.5) is 0 Å². The fourth-order valence-electron chi connectivity index (χ4n) is 0.742. The Bertz CT molecular complexity index is 113. The van der Waals surface area contributed by atoms with Crippen molar-refractivity contribution in [3.63, 3.8) is 0 Å². The van der Waals surface area contributed by atoms with E-state index in [-0.39, 0.29) is 6.10 Å². The summed E-state index contributed by atoms with van der Waals surface area (Å²) in [5.41, 5.74) is 0. The summed E-state index contributed by atoms with van der Waals surface area (Å²) in [6, 6.07) is 0. The molecule has 1 fully saturated rings. The van der Waals surface area contributed by atoms with Crippen LogP contribution in [0, 0.1) is 0 Å². The molecule has 0 N–H and O–H groups in total. The summed E-state index contributed by atoms with van der Waals surface area (Å²) in [6.45, 7) is 6.15. The fraction of sp³-hybridized carbons (Fsp3) is 0.714. The van der Waals surface area contributed by atoms with Gasteiger partial charge in [0.2, 0.25) is 0 Å². The van der Waals surface area contributed by atoms with E-state index < -0.39 is 6.48 Å². The Kier molecular flexibility index (Phi) is 2.86. The zero-order chi connectivity index (χ0) is 7.40. The predicted molar refractivity (Wildman–Crippen MR) is 36.4 cm³/mol. The van der Waals surface area contributed by atoms with Crippen LogP contribution >= 0.6 is 0 Å². The number of ether oxygens (including phenoxy) is 3. The minimum Gasteiger partial charge on any atom is -0.330 e. The van der Waals surface area contributed by atoms with Crippen LogP contribution in [-0.2, 0) is 14.2 Å². The first-order valence-corrected chi connectivity index (χ1v) is 3.38. The first-order valence-electron chi connectivity index (χ1n) is 3.38. The molecule has 0 aromatic carbocycles. The lowest BCUT2D eigenvalue weighted by Gasteiger charge is -2.07. The molecule has 0 radical (unpaired) electrons. The minimum absolute atomic E-state index is 0.00319. The summed E-state index contributed by atoms with van der Waals surface area (Å²) in [6.07, 6.45) is 1.70. The van der Waals surface area contributed by atoms with E-state index in [1.165, 1.54) is 0 Å². The van der Waals surface area contributed by atoms with Gasteiger partial charge in [0.25, 0.3) is 6.48 Å². The molecule has 0 aliphatic carbocycles. The molecule has 0 aromatic rings. The smallest absolute Gasteiger partial charge is 0.272 e. The molecule has 1 heterocycles. The zero-order valence-corrected chi connectivity index (χ0v) is 6.08. The number of hydrogen-bond donors (Lipinski definition) is 0. The van der Waals surface area contributed by atoms with Crippen molar-refractivity contribution in [2.75, 3.05) is 13.2 Å². The van der Waals surface area contributed by atoms with Crippen molar-refractivity contribution < 1.29 is 14.2 Å². The lowest BCUT2D eigenvalue weighted by atomic mass is 10.4. The van der Waals surface area contributed by atoms with Crippen LogP contribution in [0.1, 0.15) is 6.92 Å². The molecule has 3 heteroatoms.